The van der Waals surface area contributed by atoms with E-state index in [4.69, 9.17) is 0 Å². The minimum absolute atomic E-state index is 0.0203. The molecule has 19 heavy (non-hydrogen) atoms. The van der Waals surface area contributed by atoms with Crippen molar-refractivity contribution in [2.75, 3.05) is 14.1 Å². The van der Waals surface area contributed by atoms with Crippen LogP contribution in [0.1, 0.15) is 47.1 Å². The van der Waals surface area contributed by atoms with E-state index >= 15 is 0 Å². The quantitative estimate of drug-likeness (QED) is 0.862. The van der Waals surface area contributed by atoms with Crippen molar-refractivity contribution in [2.24, 2.45) is 10.8 Å². The van der Waals surface area contributed by atoms with Gasteiger partial charge in [0, 0.05) is 5.56 Å². The van der Waals surface area contributed by atoms with Crippen molar-refractivity contribution >= 4 is 0 Å². The van der Waals surface area contributed by atoms with Gasteiger partial charge in [-0.25, -0.2) is 0 Å². The molecule has 0 aliphatic heterocycles. The fourth-order valence-electron chi connectivity index (χ4n) is 4.30. The second-order valence-electron chi connectivity index (χ2n) is 7.62. The van der Waals surface area contributed by atoms with Gasteiger partial charge < -0.3 is 5.11 Å². The predicted molar refractivity (Wildman–Crippen MR) is 82.4 cm³/mol. The summed E-state index contributed by atoms with van der Waals surface area (Å²) in [7, 11) is 4.20. The predicted octanol–water partition coefficient (Wildman–Crippen LogP) is 4.24. The van der Waals surface area contributed by atoms with E-state index in [-0.39, 0.29) is 16.4 Å². The van der Waals surface area contributed by atoms with Crippen molar-refractivity contribution in [1.29, 1.82) is 0 Å². The van der Waals surface area contributed by atoms with Crippen LogP contribution in [0.2, 0.25) is 0 Å². The van der Waals surface area contributed by atoms with Gasteiger partial charge in [-0.05, 0) is 31.0 Å². The van der Waals surface area contributed by atoms with Crippen LogP contribution in [0.4, 0.5) is 0 Å². The molecule has 0 aliphatic carbocycles. The maximum atomic E-state index is 10.4. The van der Waals surface area contributed by atoms with Gasteiger partial charge in [-0.3, -0.25) is 4.90 Å². The molecule has 2 heteroatoms. The topological polar surface area (TPSA) is 23.5 Å². The lowest BCUT2D eigenvalue weighted by atomic mass is 9.56. The molecular formula is C17H29NO. The van der Waals surface area contributed by atoms with Gasteiger partial charge in [-0.2, -0.15) is 0 Å². The molecule has 0 aromatic heterocycles. The first kappa shape index (κ1) is 16.0. The zero-order chi connectivity index (χ0) is 15.1. The third kappa shape index (κ3) is 2.38. The molecule has 0 atom stereocenters. The summed E-state index contributed by atoms with van der Waals surface area (Å²) in [6, 6.07) is 7.71. The Morgan fingerprint density at radius 2 is 1.26 bits per heavy atom. The van der Waals surface area contributed by atoms with Crippen LogP contribution >= 0.6 is 0 Å². The summed E-state index contributed by atoms with van der Waals surface area (Å²) in [5.41, 5.74) is 0.701. The summed E-state index contributed by atoms with van der Waals surface area (Å²) in [5.74, 6) is 0.376. The fraction of sp³-hybridized carbons (Fsp3) is 0.647. The summed E-state index contributed by atoms with van der Waals surface area (Å²) in [6.07, 6.45) is 0. The van der Waals surface area contributed by atoms with Crippen LogP contribution in [0, 0.1) is 10.8 Å². The molecule has 2 nitrogen and oxygen atoms in total. The van der Waals surface area contributed by atoms with E-state index in [0.29, 0.717) is 5.75 Å². The SMILES string of the molecule is CN(C)C(c1ccccc1O)(C(C)(C)C)C(C)(C)C. The second-order valence-corrected chi connectivity index (χ2v) is 7.62. The van der Waals surface area contributed by atoms with E-state index in [1.165, 1.54) is 0 Å². The highest BCUT2D eigenvalue weighted by molar-refractivity contribution is 5.41. The van der Waals surface area contributed by atoms with Crippen molar-refractivity contribution in [3.63, 3.8) is 0 Å². The molecule has 0 unspecified atom stereocenters. The molecule has 0 radical (unpaired) electrons. The van der Waals surface area contributed by atoms with E-state index in [1.54, 1.807) is 6.07 Å². The number of nitrogens with zero attached hydrogens (tertiary/aromatic N) is 1. The molecule has 0 bridgehead atoms. The molecule has 0 heterocycles. The Bertz CT molecular complexity index is 421. The minimum atomic E-state index is -0.259. The highest BCUT2D eigenvalue weighted by Crippen LogP contribution is 2.56. The Morgan fingerprint density at radius 3 is 1.58 bits per heavy atom. The number of rotatable bonds is 2. The number of para-hydroxylation sites is 1. The molecule has 1 aromatic rings. The summed E-state index contributed by atoms with van der Waals surface area (Å²) < 4.78 is 0. The van der Waals surface area contributed by atoms with Gasteiger partial charge in [0.1, 0.15) is 5.75 Å². The maximum Gasteiger partial charge on any atom is 0.120 e. The van der Waals surface area contributed by atoms with Gasteiger partial charge in [-0.1, -0.05) is 59.7 Å². The van der Waals surface area contributed by atoms with Gasteiger partial charge in [0.25, 0.3) is 0 Å². The van der Waals surface area contributed by atoms with E-state index in [1.807, 2.05) is 18.2 Å². The van der Waals surface area contributed by atoms with Crippen LogP contribution in [0.5, 0.6) is 5.75 Å². The Kier molecular flexibility index (Phi) is 4.07. The Morgan fingerprint density at radius 1 is 0.842 bits per heavy atom. The first-order valence-electron chi connectivity index (χ1n) is 6.92. The Balaban J connectivity index is 3.75. The highest BCUT2D eigenvalue weighted by atomic mass is 16.3. The van der Waals surface area contributed by atoms with Crippen molar-refractivity contribution in [2.45, 2.75) is 47.1 Å². The molecule has 1 rings (SSSR count). The fourth-order valence-corrected chi connectivity index (χ4v) is 4.30. The molecule has 1 aromatic carbocycles. The highest BCUT2D eigenvalue weighted by Gasteiger charge is 2.54. The molecule has 0 fully saturated rings. The van der Waals surface area contributed by atoms with E-state index in [2.05, 4.69) is 60.5 Å². The number of benzene rings is 1. The smallest absolute Gasteiger partial charge is 0.120 e. The van der Waals surface area contributed by atoms with Gasteiger partial charge in [0.2, 0.25) is 0 Å². The van der Waals surface area contributed by atoms with Crippen LogP contribution in [0.15, 0.2) is 24.3 Å². The number of hydrogen-bond donors (Lipinski definition) is 1. The zero-order valence-corrected chi connectivity index (χ0v) is 13.7. The number of phenolic OH excluding ortho intramolecular Hbond substituents is 1. The molecule has 0 aliphatic rings. The van der Waals surface area contributed by atoms with Crippen LogP contribution in [-0.4, -0.2) is 24.1 Å². The lowest BCUT2D eigenvalue weighted by molar-refractivity contribution is -0.0695. The van der Waals surface area contributed by atoms with Gasteiger partial charge in [0.05, 0.1) is 5.54 Å². The van der Waals surface area contributed by atoms with Crippen LogP contribution in [0.25, 0.3) is 0 Å². The molecule has 0 saturated carbocycles. The summed E-state index contributed by atoms with van der Waals surface area (Å²) in [4.78, 5) is 2.25. The van der Waals surface area contributed by atoms with E-state index in [0.717, 1.165) is 5.56 Å². The lowest BCUT2D eigenvalue weighted by Gasteiger charge is -2.58. The summed E-state index contributed by atoms with van der Waals surface area (Å²) in [5, 5.41) is 10.4. The third-order valence-electron chi connectivity index (χ3n) is 4.14. The number of aromatic hydroxyl groups is 1. The lowest BCUT2D eigenvalue weighted by Crippen LogP contribution is -2.59. The molecular weight excluding hydrogens is 234 g/mol. The Hall–Kier alpha value is -1.02. The summed E-state index contributed by atoms with van der Waals surface area (Å²) in [6.45, 7) is 13.4. The normalized spacial score (nSPS) is 13.9. The summed E-state index contributed by atoms with van der Waals surface area (Å²) >= 11 is 0. The first-order chi connectivity index (χ1) is 8.46. The molecule has 108 valence electrons. The van der Waals surface area contributed by atoms with E-state index < -0.39 is 0 Å². The molecule has 0 saturated heterocycles. The Labute approximate surface area is 118 Å². The monoisotopic (exact) mass is 263 g/mol. The molecule has 0 amide bonds. The first-order valence-corrected chi connectivity index (χ1v) is 6.92. The second kappa shape index (κ2) is 4.82. The number of phenols is 1. The average Bonchev–Trinajstić information content (AvgIpc) is 2.16. The van der Waals surface area contributed by atoms with E-state index in [9.17, 15) is 5.11 Å². The van der Waals surface area contributed by atoms with Crippen molar-refractivity contribution in [1.82, 2.24) is 4.90 Å². The number of hydrogen-bond acceptors (Lipinski definition) is 2. The standard InChI is InChI=1S/C17H29NO/c1-15(2,3)17(18(7)8,16(4,5)6)13-11-9-10-12-14(13)19/h9-12,19H,1-8H3. The van der Waals surface area contributed by atoms with Crippen molar-refractivity contribution in [3.8, 4) is 5.75 Å². The van der Waals surface area contributed by atoms with Crippen LogP contribution in [0.3, 0.4) is 0 Å². The molecule has 0 spiro atoms. The van der Waals surface area contributed by atoms with Crippen LogP contribution < -0.4 is 0 Å². The van der Waals surface area contributed by atoms with Gasteiger partial charge in [0.15, 0.2) is 0 Å². The van der Waals surface area contributed by atoms with Crippen molar-refractivity contribution < 1.29 is 5.11 Å². The average molecular weight is 263 g/mol. The van der Waals surface area contributed by atoms with Gasteiger partial charge >= 0.3 is 0 Å². The maximum absolute atomic E-state index is 10.4. The van der Waals surface area contributed by atoms with Crippen LogP contribution in [-0.2, 0) is 5.54 Å². The third-order valence-corrected chi connectivity index (χ3v) is 4.14. The minimum Gasteiger partial charge on any atom is -0.508 e. The van der Waals surface area contributed by atoms with Crippen molar-refractivity contribution in [3.05, 3.63) is 29.8 Å². The zero-order valence-electron chi connectivity index (χ0n) is 13.7. The molecule has 1 N–H and O–H groups in total. The largest absolute Gasteiger partial charge is 0.508 e. The van der Waals surface area contributed by atoms with Gasteiger partial charge in [-0.15, -0.1) is 0 Å².